The molecule has 0 aliphatic heterocycles. The standard InChI is InChI=1S/C32H30BrCl2N5O6.ClH/c1-4-45-29(44)16-27(42)38-21-10-7-20(8-11-21)9-14-26(41)36-17-28(43)39(3)24-13-12-23(34)22(30(24)35)18-46-25-6-5-15-40-31(33)19(2)37-32(25)40;/h5-15H,4,16-18H2,1-3H3,(H,36,41)(H,38,42);1H. The number of ether oxygens (including phenoxy) is 2. The number of anilines is 2. The molecule has 0 radical (unpaired) electrons. The second-order valence-corrected chi connectivity index (χ2v) is 11.4. The van der Waals surface area contributed by atoms with Gasteiger partial charge in [-0.05, 0) is 77.8 Å². The van der Waals surface area contributed by atoms with Crippen molar-refractivity contribution in [2.24, 2.45) is 0 Å². The zero-order chi connectivity index (χ0) is 33.4. The van der Waals surface area contributed by atoms with Crippen molar-refractivity contribution < 1.29 is 28.7 Å². The first kappa shape index (κ1) is 37.4. The molecule has 0 atom stereocenters. The van der Waals surface area contributed by atoms with E-state index in [4.69, 9.17) is 32.7 Å². The number of carbonyl (C=O) groups excluding carboxylic acids is 4. The third-order valence-corrected chi connectivity index (χ3v) is 8.37. The smallest absolute Gasteiger partial charge is 0.315 e. The van der Waals surface area contributed by atoms with Crippen LogP contribution in [-0.4, -0.2) is 53.3 Å². The van der Waals surface area contributed by atoms with E-state index in [0.29, 0.717) is 38.9 Å². The van der Waals surface area contributed by atoms with Gasteiger partial charge in [-0.2, -0.15) is 0 Å². The summed E-state index contributed by atoms with van der Waals surface area (Å²) in [7, 11) is 1.54. The molecule has 0 fully saturated rings. The van der Waals surface area contributed by atoms with Crippen molar-refractivity contribution in [2.75, 3.05) is 30.4 Å². The Kier molecular flexibility index (Phi) is 13.6. The monoisotopic (exact) mass is 765 g/mol. The number of hydrogen-bond donors (Lipinski definition) is 2. The van der Waals surface area contributed by atoms with Crippen LogP contribution in [0.5, 0.6) is 5.75 Å². The largest absolute Gasteiger partial charge is 0.485 e. The Morgan fingerprint density at radius 3 is 2.51 bits per heavy atom. The van der Waals surface area contributed by atoms with E-state index < -0.39 is 23.7 Å². The van der Waals surface area contributed by atoms with Crippen molar-refractivity contribution in [1.82, 2.24) is 14.7 Å². The molecular weight excluding hydrogens is 737 g/mol. The van der Waals surface area contributed by atoms with Crippen LogP contribution in [0.25, 0.3) is 11.7 Å². The van der Waals surface area contributed by atoms with Crippen LogP contribution >= 0.6 is 51.5 Å². The van der Waals surface area contributed by atoms with Crippen LogP contribution in [0.2, 0.25) is 10.0 Å². The highest BCUT2D eigenvalue weighted by molar-refractivity contribution is 9.10. The zero-order valence-corrected chi connectivity index (χ0v) is 29.4. The molecule has 248 valence electrons. The van der Waals surface area contributed by atoms with Crippen molar-refractivity contribution in [1.29, 1.82) is 0 Å². The molecule has 15 heteroatoms. The minimum Gasteiger partial charge on any atom is -0.485 e. The number of rotatable bonds is 12. The van der Waals surface area contributed by atoms with Crippen LogP contribution in [-0.2, 0) is 30.5 Å². The van der Waals surface area contributed by atoms with Gasteiger partial charge in [-0.25, -0.2) is 4.98 Å². The fourth-order valence-electron chi connectivity index (χ4n) is 4.24. The topological polar surface area (TPSA) is 131 Å². The lowest BCUT2D eigenvalue weighted by molar-refractivity contribution is -0.145. The lowest BCUT2D eigenvalue weighted by Gasteiger charge is -2.21. The Morgan fingerprint density at radius 1 is 1.09 bits per heavy atom. The number of esters is 1. The highest BCUT2D eigenvalue weighted by atomic mass is 79.9. The Labute approximate surface area is 295 Å². The van der Waals surface area contributed by atoms with Crippen molar-refractivity contribution in [3.63, 3.8) is 0 Å². The molecule has 0 spiro atoms. The summed E-state index contributed by atoms with van der Waals surface area (Å²) >= 11 is 16.7. The molecule has 47 heavy (non-hydrogen) atoms. The lowest BCUT2D eigenvalue weighted by atomic mass is 10.2. The summed E-state index contributed by atoms with van der Waals surface area (Å²) in [5, 5.41) is 5.77. The van der Waals surface area contributed by atoms with Crippen LogP contribution in [0.4, 0.5) is 11.4 Å². The first-order chi connectivity index (χ1) is 22.0. The number of fused-ring (bicyclic) bond motifs is 1. The number of amides is 3. The summed E-state index contributed by atoms with van der Waals surface area (Å²) in [6.07, 6.45) is 4.32. The molecule has 4 rings (SSSR count). The Balaban J connectivity index is 0.00000600. The van der Waals surface area contributed by atoms with Gasteiger partial charge in [0.05, 0.1) is 29.6 Å². The third kappa shape index (κ3) is 9.71. The van der Waals surface area contributed by atoms with E-state index in [0.717, 1.165) is 10.3 Å². The number of pyridine rings is 1. The minimum absolute atomic E-state index is 0. The maximum absolute atomic E-state index is 12.9. The average molecular weight is 768 g/mol. The number of imidazole rings is 1. The predicted octanol–water partition coefficient (Wildman–Crippen LogP) is 6.40. The molecule has 2 N–H and O–H groups in total. The number of aromatic nitrogens is 2. The molecule has 0 unspecified atom stereocenters. The van der Waals surface area contributed by atoms with Gasteiger partial charge in [0.1, 0.15) is 17.6 Å². The van der Waals surface area contributed by atoms with Crippen LogP contribution in [0, 0.1) is 6.92 Å². The van der Waals surface area contributed by atoms with E-state index in [2.05, 4.69) is 31.5 Å². The molecule has 2 aromatic carbocycles. The molecule has 0 aliphatic rings. The Morgan fingerprint density at radius 2 is 1.81 bits per heavy atom. The molecular formula is C32H31BrCl3N5O6. The molecule has 0 saturated carbocycles. The number of benzene rings is 2. The second kappa shape index (κ2) is 17.2. The molecule has 2 aromatic heterocycles. The first-order valence-corrected chi connectivity index (χ1v) is 15.5. The van der Waals surface area contributed by atoms with Gasteiger partial charge in [-0.3, -0.25) is 23.6 Å². The molecule has 0 aliphatic carbocycles. The van der Waals surface area contributed by atoms with Gasteiger partial charge in [0.2, 0.25) is 17.7 Å². The van der Waals surface area contributed by atoms with Crippen LogP contribution in [0.15, 0.2) is 65.4 Å². The Bertz CT molecular complexity index is 1810. The summed E-state index contributed by atoms with van der Waals surface area (Å²) in [4.78, 5) is 54.6. The van der Waals surface area contributed by atoms with E-state index in [1.807, 2.05) is 23.6 Å². The van der Waals surface area contributed by atoms with E-state index in [-0.39, 0.29) is 43.6 Å². The highest BCUT2D eigenvalue weighted by Gasteiger charge is 2.20. The molecule has 0 bridgehead atoms. The number of aryl methyl sites for hydroxylation is 1. The summed E-state index contributed by atoms with van der Waals surface area (Å²) in [5.74, 6) is -1.47. The molecule has 4 aromatic rings. The average Bonchev–Trinajstić information content (AvgIpc) is 3.32. The number of halogens is 4. The summed E-state index contributed by atoms with van der Waals surface area (Å²) < 4.78 is 13.5. The van der Waals surface area contributed by atoms with Gasteiger partial charge in [0.25, 0.3) is 0 Å². The number of nitrogens with zero attached hydrogens (tertiary/aromatic N) is 3. The van der Waals surface area contributed by atoms with Gasteiger partial charge in [0, 0.05) is 35.6 Å². The van der Waals surface area contributed by atoms with E-state index in [1.165, 1.54) is 11.0 Å². The summed E-state index contributed by atoms with van der Waals surface area (Å²) in [6, 6.07) is 13.5. The fraction of sp³-hybridized carbons (Fsp3) is 0.219. The maximum Gasteiger partial charge on any atom is 0.315 e. The van der Waals surface area contributed by atoms with Crippen LogP contribution < -0.4 is 20.3 Å². The third-order valence-electron chi connectivity index (χ3n) is 6.63. The van der Waals surface area contributed by atoms with Crippen LogP contribution in [0.3, 0.4) is 0 Å². The maximum atomic E-state index is 12.9. The Hall–Kier alpha value is -4.10. The summed E-state index contributed by atoms with van der Waals surface area (Å²) in [6.45, 7) is 3.48. The van der Waals surface area contributed by atoms with Gasteiger partial charge >= 0.3 is 5.97 Å². The van der Waals surface area contributed by atoms with E-state index >= 15 is 0 Å². The van der Waals surface area contributed by atoms with Crippen molar-refractivity contribution in [3.05, 3.63) is 92.3 Å². The number of likely N-dealkylation sites (N-methyl/N-ethyl adjacent to an activating group) is 1. The van der Waals surface area contributed by atoms with Gasteiger partial charge in [-0.1, -0.05) is 35.3 Å². The predicted molar refractivity (Wildman–Crippen MR) is 187 cm³/mol. The summed E-state index contributed by atoms with van der Waals surface area (Å²) in [5.41, 5.74) is 3.48. The van der Waals surface area contributed by atoms with E-state index in [9.17, 15) is 19.2 Å². The fourth-order valence-corrected chi connectivity index (χ4v) is 5.22. The normalized spacial score (nSPS) is 10.8. The van der Waals surface area contributed by atoms with Gasteiger partial charge in [0.15, 0.2) is 11.4 Å². The minimum atomic E-state index is -0.606. The lowest BCUT2D eigenvalue weighted by Crippen LogP contribution is -2.37. The molecule has 11 nitrogen and oxygen atoms in total. The second-order valence-electron chi connectivity index (χ2n) is 9.86. The number of nitrogens with one attached hydrogen (secondary N) is 2. The van der Waals surface area contributed by atoms with Crippen LogP contribution in [0.1, 0.15) is 30.2 Å². The van der Waals surface area contributed by atoms with Crippen molar-refractivity contribution >= 4 is 98.3 Å². The van der Waals surface area contributed by atoms with Gasteiger partial charge in [-0.15, -0.1) is 12.4 Å². The highest BCUT2D eigenvalue weighted by Crippen LogP contribution is 2.35. The van der Waals surface area contributed by atoms with E-state index in [1.54, 1.807) is 62.5 Å². The zero-order valence-electron chi connectivity index (χ0n) is 25.5. The molecule has 2 heterocycles. The number of hydrogen-bond acceptors (Lipinski definition) is 7. The quantitative estimate of drug-likeness (QED) is 0.0970. The molecule has 3 amide bonds. The van der Waals surface area contributed by atoms with Gasteiger partial charge < -0.3 is 25.0 Å². The van der Waals surface area contributed by atoms with Crippen molar-refractivity contribution in [2.45, 2.75) is 26.9 Å². The van der Waals surface area contributed by atoms with Crippen molar-refractivity contribution in [3.8, 4) is 5.75 Å². The molecule has 0 saturated heterocycles. The first-order valence-electron chi connectivity index (χ1n) is 14.0. The number of carbonyl (C=O) groups is 4. The SMILES string of the molecule is CCOC(=O)CC(=O)Nc1ccc(C=CC(=O)NCC(=O)N(C)c2ccc(Cl)c(COc3cccn4c(Br)c(C)nc34)c2Cl)cc1.Cl.